The number of nitrogens with one attached hydrogen (secondary N) is 2. The first-order valence-corrected chi connectivity index (χ1v) is 10.1. The Hall–Kier alpha value is -2.17. The summed E-state index contributed by atoms with van der Waals surface area (Å²) < 4.78 is 0. The van der Waals surface area contributed by atoms with E-state index in [9.17, 15) is 4.79 Å². The largest absolute Gasteiger partial charge is 0.354 e. The Labute approximate surface area is 161 Å². The summed E-state index contributed by atoms with van der Waals surface area (Å²) in [7, 11) is 0. The van der Waals surface area contributed by atoms with Crippen molar-refractivity contribution in [2.75, 3.05) is 26.2 Å². The van der Waals surface area contributed by atoms with E-state index in [1.165, 1.54) is 24.2 Å². The SMILES string of the molecule is O=C(NCC1C2CN(Cc3ccccc3)CC12)C1NCCc2ccccc21. The van der Waals surface area contributed by atoms with Crippen molar-refractivity contribution in [2.45, 2.75) is 19.0 Å². The summed E-state index contributed by atoms with van der Waals surface area (Å²) in [5.41, 5.74) is 3.84. The zero-order chi connectivity index (χ0) is 18.2. The molecule has 1 aliphatic carbocycles. The van der Waals surface area contributed by atoms with Crippen LogP contribution in [0.2, 0.25) is 0 Å². The Balaban J connectivity index is 1.11. The highest BCUT2D eigenvalue weighted by Gasteiger charge is 2.55. The molecule has 0 spiro atoms. The Morgan fingerprint density at radius 1 is 1.04 bits per heavy atom. The normalized spacial score (nSPS) is 29.0. The van der Waals surface area contributed by atoms with E-state index in [0.29, 0.717) is 5.92 Å². The van der Waals surface area contributed by atoms with Crippen LogP contribution < -0.4 is 10.6 Å². The highest BCUT2D eigenvalue weighted by atomic mass is 16.2. The van der Waals surface area contributed by atoms with Crippen LogP contribution in [0.3, 0.4) is 0 Å². The number of carbonyl (C=O) groups excluding carboxylic acids is 1. The maximum Gasteiger partial charge on any atom is 0.241 e. The van der Waals surface area contributed by atoms with Gasteiger partial charge in [0.25, 0.3) is 0 Å². The second-order valence-electron chi connectivity index (χ2n) is 8.25. The van der Waals surface area contributed by atoms with Gasteiger partial charge >= 0.3 is 0 Å². The molecule has 2 aliphatic heterocycles. The second kappa shape index (κ2) is 7.10. The van der Waals surface area contributed by atoms with Crippen molar-refractivity contribution in [1.29, 1.82) is 0 Å². The van der Waals surface area contributed by atoms with E-state index in [4.69, 9.17) is 0 Å². The zero-order valence-corrected chi connectivity index (χ0v) is 15.6. The predicted molar refractivity (Wildman–Crippen MR) is 106 cm³/mol. The number of nitrogens with zero attached hydrogens (tertiary/aromatic N) is 1. The lowest BCUT2D eigenvalue weighted by atomic mass is 9.94. The van der Waals surface area contributed by atoms with Gasteiger partial charge in [-0.3, -0.25) is 9.69 Å². The Bertz CT molecular complexity index is 809. The first kappa shape index (κ1) is 17.0. The van der Waals surface area contributed by atoms with Crippen LogP contribution in [0.25, 0.3) is 0 Å². The van der Waals surface area contributed by atoms with Crippen molar-refractivity contribution in [3.63, 3.8) is 0 Å². The third-order valence-corrected chi connectivity index (χ3v) is 6.58. The van der Waals surface area contributed by atoms with Gasteiger partial charge in [0.2, 0.25) is 5.91 Å². The van der Waals surface area contributed by atoms with Crippen molar-refractivity contribution in [1.82, 2.24) is 15.5 Å². The van der Waals surface area contributed by atoms with Crippen LogP contribution in [-0.4, -0.2) is 37.0 Å². The van der Waals surface area contributed by atoms with Gasteiger partial charge in [-0.05, 0) is 40.9 Å². The van der Waals surface area contributed by atoms with Crippen molar-refractivity contribution < 1.29 is 4.79 Å². The number of hydrogen-bond acceptors (Lipinski definition) is 3. The molecule has 4 heteroatoms. The van der Waals surface area contributed by atoms with Crippen LogP contribution in [0.4, 0.5) is 0 Å². The monoisotopic (exact) mass is 361 g/mol. The van der Waals surface area contributed by atoms with Gasteiger partial charge in [0.15, 0.2) is 0 Å². The molecule has 1 saturated heterocycles. The minimum absolute atomic E-state index is 0.133. The van der Waals surface area contributed by atoms with Crippen LogP contribution in [0.5, 0.6) is 0 Å². The number of amides is 1. The van der Waals surface area contributed by atoms with Crippen molar-refractivity contribution >= 4 is 5.91 Å². The molecule has 5 rings (SSSR count). The molecule has 27 heavy (non-hydrogen) atoms. The van der Waals surface area contributed by atoms with Gasteiger partial charge in [-0.2, -0.15) is 0 Å². The van der Waals surface area contributed by atoms with E-state index in [1.54, 1.807) is 0 Å². The molecule has 2 aromatic carbocycles. The summed E-state index contributed by atoms with van der Waals surface area (Å²) >= 11 is 0. The fraction of sp³-hybridized carbons (Fsp3) is 0.435. The number of rotatable bonds is 5. The maximum absolute atomic E-state index is 12.7. The molecule has 0 radical (unpaired) electrons. The zero-order valence-electron chi connectivity index (χ0n) is 15.6. The lowest BCUT2D eigenvalue weighted by molar-refractivity contribution is -0.123. The molecule has 3 unspecified atom stereocenters. The van der Waals surface area contributed by atoms with E-state index in [2.05, 4.69) is 64.1 Å². The molecule has 1 amide bonds. The number of carbonyl (C=O) groups is 1. The van der Waals surface area contributed by atoms with Crippen LogP contribution in [0.1, 0.15) is 22.7 Å². The number of likely N-dealkylation sites (tertiary alicyclic amines) is 1. The van der Waals surface area contributed by atoms with E-state index < -0.39 is 0 Å². The average molecular weight is 361 g/mol. The highest BCUT2D eigenvalue weighted by Crippen LogP contribution is 2.51. The first-order chi connectivity index (χ1) is 13.3. The van der Waals surface area contributed by atoms with Gasteiger partial charge < -0.3 is 10.6 Å². The van der Waals surface area contributed by atoms with Gasteiger partial charge in [0, 0.05) is 32.7 Å². The number of benzene rings is 2. The fourth-order valence-electron chi connectivity index (χ4n) is 5.07. The van der Waals surface area contributed by atoms with Crippen LogP contribution in [0, 0.1) is 17.8 Å². The van der Waals surface area contributed by atoms with E-state index >= 15 is 0 Å². The molecular formula is C23H27N3O. The van der Waals surface area contributed by atoms with Crippen molar-refractivity contribution in [3.8, 4) is 0 Å². The first-order valence-electron chi connectivity index (χ1n) is 10.1. The third kappa shape index (κ3) is 3.40. The van der Waals surface area contributed by atoms with Crippen LogP contribution in [-0.2, 0) is 17.8 Å². The fourth-order valence-corrected chi connectivity index (χ4v) is 5.07. The molecular weight excluding hydrogens is 334 g/mol. The minimum Gasteiger partial charge on any atom is -0.354 e. The maximum atomic E-state index is 12.7. The summed E-state index contributed by atoms with van der Waals surface area (Å²) in [5.74, 6) is 2.33. The Morgan fingerprint density at radius 3 is 2.59 bits per heavy atom. The summed E-state index contributed by atoms with van der Waals surface area (Å²) in [6.45, 7) is 5.09. The van der Waals surface area contributed by atoms with Gasteiger partial charge in [0.1, 0.15) is 6.04 Å². The molecule has 3 atom stereocenters. The molecule has 4 nitrogen and oxygen atoms in total. The Morgan fingerprint density at radius 2 is 1.78 bits per heavy atom. The summed E-state index contributed by atoms with van der Waals surface area (Å²) in [6.07, 6.45) is 1.00. The van der Waals surface area contributed by atoms with Crippen molar-refractivity contribution in [2.24, 2.45) is 17.8 Å². The lowest BCUT2D eigenvalue weighted by Crippen LogP contribution is -2.42. The minimum atomic E-state index is -0.192. The topological polar surface area (TPSA) is 44.4 Å². The van der Waals surface area contributed by atoms with Gasteiger partial charge in [0.05, 0.1) is 0 Å². The molecule has 0 bridgehead atoms. The quantitative estimate of drug-likeness (QED) is 0.859. The molecule has 2 N–H and O–H groups in total. The number of fused-ring (bicyclic) bond motifs is 2. The standard InChI is InChI=1S/C23H27N3O/c27-23(22-18-9-5-4-8-17(18)10-11-24-22)25-12-19-20-14-26(15-21(19)20)13-16-6-2-1-3-7-16/h1-9,19-22,24H,10-15H2,(H,25,27). The smallest absolute Gasteiger partial charge is 0.241 e. The van der Waals surface area contributed by atoms with Gasteiger partial charge in [-0.25, -0.2) is 0 Å². The van der Waals surface area contributed by atoms with Crippen LogP contribution >= 0.6 is 0 Å². The Kier molecular flexibility index (Phi) is 4.46. The highest BCUT2D eigenvalue weighted by molar-refractivity contribution is 5.84. The summed E-state index contributed by atoms with van der Waals surface area (Å²) in [6, 6.07) is 18.8. The predicted octanol–water partition coefficient (Wildman–Crippen LogP) is 2.37. The van der Waals surface area contributed by atoms with E-state index in [1.807, 2.05) is 6.07 Å². The molecule has 0 aromatic heterocycles. The van der Waals surface area contributed by atoms with Gasteiger partial charge in [-0.15, -0.1) is 0 Å². The summed E-state index contributed by atoms with van der Waals surface area (Å²) in [5, 5.41) is 6.61. The summed E-state index contributed by atoms with van der Waals surface area (Å²) in [4.78, 5) is 15.3. The molecule has 3 aliphatic rings. The molecule has 2 aromatic rings. The lowest BCUT2D eigenvalue weighted by Gasteiger charge is -2.26. The second-order valence-corrected chi connectivity index (χ2v) is 8.25. The molecule has 2 heterocycles. The van der Waals surface area contributed by atoms with Gasteiger partial charge in [-0.1, -0.05) is 54.6 Å². The van der Waals surface area contributed by atoms with Crippen LogP contribution in [0.15, 0.2) is 54.6 Å². The number of hydrogen-bond donors (Lipinski definition) is 2. The van der Waals surface area contributed by atoms with E-state index in [0.717, 1.165) is 43.5 Å². The third-order valence-electron chi connectivity index (χ3n) is 6.58. The van der Waals surface area contributed by atoms with Crippen molar-refractivity contribution in [3.05, 3.63) is 71.3 Å². The average Bonchev–Trinajstić information content (AvgIpc) is 3.17. The number of piperidine rings is 1. The molecule has 140 valence electrons. The molecule has 1 saturated carbocycles. The van der Waals surface area contributed by atoms with E-state index in [-0.39, 0.29) is 11.9 Å². The molecule has 2 fully saturated rings.